The zero-order valence-electron chi connectivity index (χ0n) is 10.0. The van der Waals surface area contributed by atoms with Crippen LogP contribution in [-0.4, -0.2) is 5.33 Å². The Morgan fingerprint density at radius 2 is 1.53 bits per heavy atom. The van der Waals surface area contributed by atoms with Crippen molar-refractivity contribution in [3.8, 4) is 0 Å². The molecule has 1 unspecified atom stereocenters. The van der Waals surface area contributed by atoms with Gasteiger partial charge in [-0.15, -0.1) is 0 Å². The maximum atomic E-state index is 13.6. The highest BCUT2D eigenvalue weighted by Gasteiger charge is 2.14. The van der Waals surface area contributed by atoms with E-state index in [2.05, 4.69) is 15.9 Å². The maximum Gasteiger partial charge on any atom is 0.129 e. The predicted octanol–water partition coefficient (Wildman–Crippen LogP) is 4.83. The van der Waals surface area contributed by atoms with Crippen molar-refractivity contribution in [1.82, 2.24) is 0 Å². The highest BCUT2D eigenvalue weighted by molar-refractivity contribution is 9.09. The molecular formula is C15H12BrF3. The first-order valence-electron chi connectivity index (χ1n) is 5.85. The quantitative estimate of drug-likeness (QED) is 0.705. The van der Waals surface area contributed by atoms with Crippen LogP contribution >= 0.6 is 15.9 Å². The summed E-state index contributed by atoms with van der Waals surface area (Å²) in [5, 5.41) is 0.620. The number of halogens is 4. The number of hydrogen-bond acceptors (Lipinski definition) is 0. The van der Waals surface area contributed by atoms with Gasteiger partial charge in [0.25, 0.3) is 0 Å². The van der Waals surface area contributed by atoms with E-state index < -0.39 is 11.6 Å². The van der Waals surface area contributed by atoms with Gasteiger partial charge in [0.2, 0.25) is 0 Å². The molecule has 0 nitrogen and oxygen atoms in total. The van der Waals surface area contributed by atoms with E-state index in [-0.39, 0.29) is 11.7 Å². The van der Waals surface area contributed by atoms with Gasteiger partial charge in [0, 0.05) is 11.4 Å². The van der Waals surface area contributed by atoms with Crippen LogP contribution in [0.5, 0.6) is 0 Å². The van der Waals surface area contributed by atoms with Crippen LogP contribution in [0, 0.1) is 17.5 Å². The Kier molecular flexibility index (Phi) is 4.64. The van der Waals surface area contributed by atoms with Crippen molar-refractivity contribution >= 4 is 15.9 Å². The van der Waals surface area contributed by atoms with Crippen molar-refractivity contribution < 1.29 is 13.2 Å². The van der Waals surface area contributed by atoms with E-state index in [1.165, 1.54) is 24.3 Å². The zero-order chi connectivity index (χ0) is 13.8. The number of alkyl halides is 1. The molecule has 0 aliphatic heterocycles. The molecule has 0 amide bonds. The van der Waals surface area contributed by atoms with Crippen molar-refractivity contribution in [3.63, 3.8) is 0 Å². The van der Waals surface area contributed by atoms with Crippen LogP contribution in [0.4, 0.5) is 13.2 Å². The summed E-state index contributed by atoms with van der Waals surface area (Å²) in [5.41, 5.74) is 1.37. The molecule has 2 rings (SSSR count). The fourth-order valence-electron chi connectivity index (χ4n) is 1.95. The van der Waals surface area contributed by atoms with Gasteiger partial charge in [-0.2, -0.15) is 0 Å². The second-order valence-electron chi connectivity index (χ2n) is 4.34. The molecule has 0 aromatic heterocycles. The molecule has 0 saturated carbocycles. The number of rotatable bonds is 4. The van der Waals surface area contributed by atoms with E-state index in [1.807, 2.05) is 0 Å². The third-order valence-corrected chi connectivity index (χ3v) is 3.79. The van der Waals surface area contributed by atoms with Crippen molar-refractivity contribution in [1.29, 1.82) is 0 Å². The van der Waals surface area contributed by atoms with E-state index in [9.17, 15) is 13.2 Å². The number of benzene rings is 2. The van der Waals surface area contributed by atoms with Gasteiger partial charge in [0.1, 0.15) is 17.5 Å². The third-order valence-electron chi connectivity index (χ3n) is 3.01. The molecular weight excluding hydrogens is 317 g/mol. The molecule has 4 heteroatoms. The van der Waals surface area contributed by atoms with E-state index in [0.29, 0.717) is 17.3 Å². The second-order valence-corrected chi connectivity index (χ2v) is 4.99. The Morgan fingerprint density at radius 1 is 0.895 bits per heavy atom. The van der Waals surface area contributed by atoms with Crippen LogP contribution < -0.4 is 0 Å². The van der Waals surface area contributed by atoms with Gasteiger partial charge in [0.15, 0.2) is 0 Å². The summed E-state index contributed by atoms with van der Waals surface area (Å²) in [7, 11) is 0. The van der Waals surface area contributed by atoms with Crippen LogP contribution in [-0.2, 0) is 6.42 Å². The fourth-order valence-corrected chi connectivity index (χ4v) is 2.55. The van der Waals surface area contributed by atoms with Crippen LogP contribution in [0.15, 0.2) is 42.5 Å². The standard InChI is InChI=1S/C15H12BrF3/c16-9-12(10-1-4-13(17)5-2-10)7-11-3-6-14(18)8-15(11)19/h1-6,8,12H,7,9H2. The Hall–Kier alpha value is -1.29. The van der Waals surface area contributed by atoms with Gasteiger partial charge in [-0.1, -0.05) is 34.1 Å². The summed E-state index contributed by atoms with van der Waals surface area (Å²) in [5.74, 6) is -1.42. The third kappa shape index (κ3) is 3.60. The summed E-state index contributed by atoms with van der Waals surface area (Å²) >= 11 is 3.38. The molecule has 0 aliphatic rings. The zero-order valence-corrected chi connectivity index (χ0v) is 11.6. The molecule has 0 bridgehead atoms. The fraction of sp³-hybridized carbons (Fsp3) is 0.200. The lowest BCUT2D eigenvalue weighted by Crippen LogP contribution is -2.06. The molecule has 1 atom stereocenters. The van der Waals surface area contributed by atoms with Crippen LogP contribution in [0.25, 0.3) is 0 Å². The summed E-state index contributed by atoms with van der Waals surface area (Å²) < 4.78 is 39.3. The summed E-state index contributed by atoms with van der Waals surface area (Å²) in [6.07, 6.45) is 0.434. The Balaban J connectivity index is 2.21. The summed E-state index contributed by atoms with van der Waals surface area (Å²) in [4.78, 5) is 0. The highest BCUT2D eigenvalue weighted by Crippen LogP contribution is 2.25. The van der Waals surface area contributed by atoms with Crippen molar-refractivity contribution in [2.45, 2.75) is 12.3 Å². The molecule has 0 N–H and O–H groups in total. The lowest BCUT2D eigenvalue weighted by Gasteiger charge is -2.15. The highest BCUT2D eigenvalue weighted by atomic mass is 79.9. The first kappa shape index (κ1) is 14.1. The van der Waals surface area contributed by atoms with Crippen molar-refractivity contribution in [3.05, 3.63) is 71.0 Å². The average Bonchev–Trinajstić information content (AvgIpc) is 2.39. The largest absolute Gasteiger partial charge is 0.207 e. The Labute approximate surface area is 118 Å². The minimum absolute atomic E-state index is 0.0144. The molecule has 0 fully saturated rings. The van der Waals surface area contributed by atoms with Crippen LogP contribution in [0.2, 0.25) is 0 Å². The van der Waals surface area contributed by atoms with E-state index in [0.717, 1.165) is 11.6 Å². The van der Waals surface area contributed by atoms with Crippen molar-refractivity contribution in [2.24, 2.45) is 0 Å². The maximum absolute atomic E-state index is 13.6. The summed E-state index contributed by atoms with van der Waals surface area (Å²) in [6, 6.07) is 9.70. The van der Waals surface area contributed by atoms with Gasteiger partial charge >= 0.3 is 0 Å². The Bertz CT molecular complexity index is 552. The average molecular weight is 329 g/mol. The molecule has 0 aliphatic carbocycles. The minimum Gasteiger partial charge on any atom is -0.207 e. The SMILES string of the molecule is Fc1ccc(C(CBr)Cc2ccc(F)cc2F)cc1. The molecule has 0 heterocycles. The summed E-state index contributed by atoms with van der Waals surface area (Å²) in [6.45, 7) is 0. The normalized spacial score (nSPS) is 12.4. The minimum atomic E-state index is -0.585. The molecule has 0 radical (unpaired) electrons. The van der Waals surface area contributed by atoms with Crippen LogP contribution in [0.3, 0.4) is 0 Å². The van der Waals surface area contributed by atoms with Gasteiger partial charge in [-0.05, 0) is 41.7 Å². The second kappa shape index (κ2) is 6.24. The topological polar surface area (TPSA) is 0 Å². The monoisotopic (exact) mass is 328 g/mol. The van der Waals surface area contributed by atoms with E-state index >= 15 is 0 Å². The number of hydrogen-bond donors (Lipinski definition) is 0. The first-order chi connectivity index (χ1) is 9.10. The smallest absolute Gasteiger partial charge is 0.129 e. The van der Waals surface area contributed by atoms with E-state index in [1.54, 1.807) is 12.1 Å². The van der Waals surface area contributed by atoms with E-state index in [4.69, 9.17) is 0 Å². The molecule has 2 aromatic carbocycles. The molecule has 100 valence electrons. The lowest BCUT2D eigenvalue weighted by atomic mass is 9.93. The molecule has 19 heavy (non-hydrogen) atoms. The Morgan fingerprint density at radius 3 is 2.11 bits per heavy atom. The molecule has 0 spiro atoms. The first-order valence-corrected chi connectivity index (χ1v) is 6.97. The molecule has 0 saturated heterocycles. The van der Waals surface area contributed by atoms with Crippen LogP contribution in [0.1, 0.15) is 17.0 Å². The lowest BCUT2D eigenvalue weighted by molar-refractivity contribution is 0.566. The van der Waals surface area contributed by atoms with Gasteiger partial charge in [0.05, 0.1) is 0 Å². The predicted molar refractivity (Wildman–Crippen MR) is 73.0 cm³/mol. The van der Waals surface area contributed by atoms with Gasteiger partial charge in [-0.25, -0.2) is 13.2 Å². The van der Waals surface area contributed by atoms with Gasteiger partial charge < -0.3 is 0 Å². The van der Waals surface area contributed by atoms with Gasteiger partial charge in [-0.3, -0.25) is 0 Å². The molecule has 2 aromatic rings. The van der Waals surface area contributed by atoms with Crippen molar-refractivity contribution in [2.75, 3.05) is 5.33 Å².